The van der Waals surface area contributed by atoms with Gasteiger partial charge in [-0.2, -0.15) is 0 Å². The first-order chi connectivity index (χ1) is 9.00. The Hall–Kier alpha value is -1.03. The number of hydrogen-bond donors (Lipinski definition) is 3. The van der Waals surface area contributed by atoms with Crippen molar-refractivity contribution >= 4 is 27.3 Å². The van der Waals surface area contributed by atoms with Gasteiger partial charge in [-0.15, -0.1) is 11.3 Å². The molecule has 0 saturated heterocycles. The Morgan fingerprint density at radius 2 is 2.15 bits per heavy atom. The van der Waals surface area contributed by atoms with Crippen molar-refractivity contribution in [3.8, 4) is 0 Å². The highest BCUT2D eigenvalue weighted by atomic mass is 32.2. The summed E-state index contributed by atoms with van der Waals surface area (Å²) in [6.07, 6.45) is 1.08. The highest BCUT2D eigenvalue weighted by Crippen LogP contribution is 2.15. The molecule has 0 aliphatic rings. The summed E-state index contributed by atoms with van der Waals surface area (Å²) in [5.41, 5.74) is 5.19. The lowest BCUT2D eigenvalue weighted by Crippen LogP contribution is -2.51. The van der Waals surface area contributed by atoms with Crippen LogP contribution in [-0.2, 0) is 10.0 Å². The molecule has 0 radical (unpaired) electrons. The number of carbonyl (C=O) groups is 1. The summed E-state index contributed by atoms with van der Waals surface area (Å²) < 4.78 is 24.8. The van der Waals surface area contributed by atoms with E-state index in [4.69, 9.17) is 5.73 Å². The quantitative estimate of drug-likeness (QED) is 0.694. The van der Waals surface area contributed by atoms with Crippen LogP contribution >= 0.6 is 11.3 Å². The van der Waals surface area contributed by atoms with Crippen LogP contribution in [0.1, 0.15) is 42.3 Å². The van der Waals surface area contributed by atoms with E-state index in [0.29, 0.717) is 5.01 Å². The maximum Gasteiger partial charge on any atom is 0.270 e. The average Bonchev–Trinajstić information content (AvgIpc) is 2.71. The van der Waals surface area contributed by atoms with Gasteiger partial charge in [0.25, 0.3) is 5.91 Å². The number of sulfonamides is 1. The molecule has 0 aliphatic heterocycles. The monoisotopic (exact) mass is 320 g/mol. The highest BCUT2D eigenvalue weighted by Gasteiger charge is 2.23. The topological polar surface area (TPSA) is 114 Å². The zero-order valence-electron chi connectivity index (χ0n) is 11.9. The van der Waals surface area contributed by atoms with Gasteiger partial charge in [0, 0.05) is 17.5 Å². The van der Waals surface area contributed by atoms with Crippen molar-refractivity contribution < 1.29 is 13.2 Å². The maximum absolute atomic E-state index is 11.9. The van der Waals surface area contributed by atoms with Gasteiger partial charge in [0.05, 0.1) is 12.3 Å². The number of hydrogen-bond acceptors (Lipinski definition) is 6. The Morgan fingerprint density at radius 3 is 2.60 bits per heavy atom. The summed E-state index contributed by atoms with van der Waals surface area (Å²) in [6, 6.07) is -0.218. The molecule has 0 saturated carbocycles. The molecule has 1 aromatic rings. The second-order valence-corrected chi connectivity index (χ2v) is 7.94. The fraction of sp³-hybridized carbons (Fsp3) is 0.636. The summed E-state index contributed by atoms with van der Waals surface area (Å²) in [5, 5.41) is 4.97. The molecule has 1 heterocycles. The zero-order chi connectivity index (χ0) is 15.6. The van der Waals surface area contributed by atoms with Gasteiger partial charge in [0.1, 0.15) is 10.7 Å². The van der Waals surface area contributed by atoms with Crippen LogP contribution in [0.4, 0.5) is 0 Å². The van der Waals surface area contributed by atoms with E-state index in [9.17, 15) is 13.2 Å². The van der Waals surface area contributed by atoms with Gasteiger partial charge in [-0.3, -0.25) is 4.79 Å². The standard InChI is InChI=1S/C11H20N4O3S2/c1-7(12)10-14-8(5-19-10)9(16)13-6-11(2,3)15-20(4,17)18/h5,7,15H,6,12H2,1-4H3,(H,13,16). The molecule has 0 aliphatic carbocycles. The highest BCUT2D eigenvalue weighted by molar-refractivity contribution is 7.88. The lowest BCUT2D eigenvalue weighted by molar-refractivity contribution is 0.0940. The summed E-state index contributed by atoms with van der Waals surface area (Å²) in [6.45, 7) is 5.31. The number of nitrogens with two attached hydrogens (primary N) is 1. The normalized spacial score (nSPS) is 14.1. The largest absolute Gasteiger partial charge is 0.349 e. The van der Waals surface area contributed by atoms with Crippen molar-refractivity contribution in [1.82, 2.24) is 15.0 Å². The minimum absolute atomic E-state index is 0.157. The molecular formula is C11H20N4O3S2. The fourth-order valence-corrected chi connectivity index (χ4v) is 3.36. The second kappa shape index (κ2) is 6.17. The molecule has 4 N–H and O–H groups in total. The molecule has 0 spiro atoms. The SMILES string of the molecule is CC(N)c1nc(C(=O)NCC(C)(C)NS(C)(=O)=O)cs1. The third-order valence-corrected chi connectivity index (χ3v) is 4.27. The molecule has 0 aromatic carbocycles. The smallest absolute Gasteiger partial charge is 0.270 e. The first-order valence-electron chi connectivity index (χ1n) is 5.98. The van der Waals surface area contributed by atoms with Crippen molar-refractivity contribution in [2.24, 2.45) is 5.73 Å². The first-order valence-corrected chi connectivity index (χ1v) is 8.75. The van der Waals surface area contributed by atoms with Gasteiger partial charge in [-0.05, 0) is 20.8 Å². The molecule has 20 heavy (non-hydrogen) atoms. The number of nitrogens with one attached hydrogen (secondary N) is 2. The minimum Gasteiger partial charge on any atom is -0.349 e. The zero-order valence-corrected chi connectivity index (χ0v) is 13.6. The van der Waals surface area contributed by atoms with E-state index in [1.807, 2.05) is 0 Å². The predicted molar refractivity (Wildman–Crippen MR) is 79.1 cm³/mol. The molecule has 1 unspecified atom stereocenters. The van der Waals surface area contributed by atoms with E-state index in [0.717, 1.165) is 6.26 Å². The Morgan fingerprint density at radius 1 is 1.55 bits per heavy atom. The maximum atomic E-state index is 11.9. The Labute approximate surface area is 123 Å². The van der Waals surface area contributed by atoms with Crippen molar-refractivity contribution in [2.75, 3.05) is 12.8 Å². The number of nitrogens with zero attached hydrogens (tertiary/aromatic N) is 1. The average molecular weight is 320 g/mol. The molecule has 0 bridgehead atoms. The fourth-order valence-electron chi connectivity index (χ4n) is 1.53. The lowest BCUT2D eigenvalue weighted by atomic mass is 10.1. The third-order valence-electron chi connectivity index (χ3n) is 2.30. The molecule has 1 amide bonds. The van der Waals surface area contributed by atoms with Crippen LogP contribution in [0, 0.1) is 0 Å². The van der Waals surface area contributed by atoms with E-state index in [-0.39, 0.29) is 24.2 Å². The molecule has 1 atom stereocenters. The van der Waals surface area contributed by atoms with Crippen LogP contribution in [0.5, 0.6) is 0 Å². The van der Waals surface area contributed by atoms with Crippen molar-refractivity contribution in [2.45, 2.75) is 32.4 Å². The van der Waals surface area contributed by atoms with Crippen LogP contribution in [0.25, 0.3) is 0 Å². The van der Waals surface area contributed by atoms with Crippen LogP contribution in [-0.4, -0.2) is 37.6 Å². The van der Waals surface area contributed by atoms with Crippen LogP contribution in [0.2, 0.25) is 0 Å². The van der Waals surface area contributed by atoms with Crippen LogP contribution in [0.15, 0.2) is 5.38 Å². The van der Waals surface area contributed by atoms with E-state index in [2.05, 4.69) is 15.0 Å². The number of amides is 1. The number of rotatable bonds is 6. The number of thiazole rings is 1. The third kappa shape index (κ3) is 5.53. The van der Waals surface area contributed by atoms with Gasteiger partial charge < -0.3 is 11.1 Å². The van der Waals surface area contributed by atoms with E-state index in [1.165, 1.54) is 11.3 Å². The summed E-state index contributed by atoms with van der Waals surface area (Å²) in [4.78, 5) is 16.0. The minimum atomic E-state index is -3.33. The molecular weight excluding hydrogens is 300 g/mol. The Balaban J connectivity index is 2.62. The van der Waals surface area contributed by atoms with Crippen molar-refractivity contribution in [1.29, 1.82) is 0 Å². The van der Waals surface area contributed by atoms with Crippen molar-refractivity contribution in [3.63, 3.8) is 0 Å². The molecule has 9 heteroatoms. The van der Waals surface area contributed by atoms with E-state index in [1.54, 1.807) is 26.2 Å². The molecule has 1 rings (SSSR count). The predicted octanol–water partition coefficient (Wildman–Crippen LogP) is 0.220. The lowest BCUT2D eigenvalue weighted by Gasteiger charge is -2.25. The van der Waals surface area contributed by atoms with Crippen LogP contribution in [0.3, 0.4) is 0 Å². The molecule has 7 nitrogen and oxygen atoms in total. The van der Waals surface area contributed by atoms with Crippen molar-refractivity contribution in [3.05, 3.63) is 16.1 Å². The molecule has 1 aromatic heterocycles. The van der Waals surface area contributed by atoms with E-state index >= 15 is 0 Å². The summed E-state index contributed by atoms with van der Waals surface area (Å²) >= 11 is 1.32. The van der Waals surface area contributed by atoms with Gasteiger partial charge in [0.2, 0.25) is 10.0 Å². The first kappa shape index (κ1) is 17.0. The molecule has 114 valence electrons. The van der Waals surface area contributed by atoms with Gasteiger partial charge in [-0.25, -0.2) is 18.1 Å². The summed E-state index contributed by atoms with van der Waals surface area (Å²) in [5.74, 6) is -0.350. The Bertz CT molecular complexity index is 578. The van der Waals surface area contributed by atoms with Gasteiger partial charge >= 0.3 is 0 Å². The molecule has 0 fully saturated rings. The second-order valence-electron chi connectivity index (χ2n) is 5.30. The van der Waals surface area contributed by atoms with Gasteiger partial charge in [0.15, 0.2) is 0 Å². The summed E-state index contributed by atoms with van der Waals surface area (Å²) in [7, 11) is -3.33. The number of aromatic nitrogens is 1. The number of carbonyl (C=O) groups excluding carboxylic acids is 1. The Kier molecular flexibility index (Phi) is 5.25. The van der Waals surface area contributed by atoms with E-state index < -0.39 is 15.6 Å². The van der Waals surface area contributed by atoms with Crippen LogP contribution < -0.4 is 15.8 Å². The van der Waals surface area contributed by atoms with Gasteiger partial charge in [-0.1, -0.05) is 0 Å².